The van der Waals surface area contributed by atoms with Gasteiger partial charge in [0.25, 0.3) is 0 Å². The van der Waals surface area contributed by atoms with Gasteiger partial charge < -0.3 is 14.4 Å². The van der Waals surface area contributed by atoms with Gasteiger partial charge in [-0.2, -0.15) is 0 Å². The van der Waals surface area contributed by atoms with Gasteiger partial charge in [0.15, 0.2) is 0 Å². The molecule has 1 amide bonds. The first-order chi connectivity index (χ1) is 13.7. The molecule has 158 valence electrons. The highest BCUT2D eigenvalue weighted by Gasteiger charge is 2.41. The Bertz CT molecular complexity index is 781. The van der Waals surface area contributed by atoms with Crippen molar-refractivity contribution < 1.29 is 19.1 Å². The van der Waals surface area contributed by atoms with Gasteiger partial charge in [-0.15, -0.1) is 0 Å². The minimum atomic E-state index is -0.565. The third kappa shape index (κ3) is 4.82. The fourth-order valence-electron chi connectivity index (χ4n) is 4.47. The zero-order valence-electron chi connectivity index (χ0n) is 18.2. The average Bonchev–Trinajstić information content (AvgIpc) is 3.28. The molecule has 0 bridgehead atoms. The van der Waals surface area contributed by atoms with Gasteiger partial charge in [0.05, 0.1) is 19.1 Å². The molecule has 1 aliphatic heterocycles. The van der Waals surface area contributed by atoms with Crippen molar-refractivity contribution >= 4 is 12.1 Å². The van der Waals surface area contributed by atoms with Gasteiger partial charge in [-0.1, -0.05) is 42.9 Å². The lowest BCUT2D eigenvalue weighted by Gasteiger charge is -2.36. The number of rotatable bonds is 4. The van der Waals surface area contributed by atoms with Crippen molar-refractivity contribution in [1.29, 1.82) is 0 Å². The van der Waals surface area contributed by atoms with Crippen LogP contribution >= 0.6 is 0 Å². The van der Waals surface area contributed by atoms with Gasteiger partial charge in [0.2, 0.25) is 0 Å². The SMILES string of the molecule is COC(=O)C1C=CC2=C1[C@@H](C[C@@H](C)C1=CC=CC1)N(C(=O)OC(C)(C)C)CCC2. The third-order valence-corrected chi connectivity index (χ3v) is 5.87. The maximum Gasteiger partial charge on any atom is 0.410 e. The van der Waals surface area contributed by atoms with E-state index in [1.165, 1.54) is 18.3 Å². The smallest absolute Gasteiger partial charge is 0.410 e. The molecule has 5 nitrogen and oxygen atoms in total. The molecule has 0 saturated heterocycles. The second kappa shape index (κ2) is 8.60. The second-order valence-electron chi connectivity index (χ2n) is 9.14. The highest BCUT2D eigenvalue weighted by atomic mass is 16.6. The molecule has 0 aromatic heterocycles. The largest absolute Gasteiger partial charge is 0.468 e. The summed E-state index contributed by atoms with van der Waals surface area (Å²) in [6.07, 6.45) is 13.5. The number of hydrogen-bond donors (Lipinski definition) is 0. The first-order valence-corrected chi connectivity index (χ1v) is 10.6. The molecular weight excluding hydrogens is 366 g/mol. The Morgan fingerprint density at radius 1 is 1.31 bits per heavy atom. The summed E-state index contributed by atoms with van der Waals surface area (Å²) in [4.78, 5) is 27.5. The van der Waals surface area contributed by atoms with E-state index in [4.69, 9.17) is 9.47 Å². The van der Waals surface area contributed by atoms with Crippen LogP contribution in [0, 0.1) is 11.8 Å². The van der Waals surface area contributed by atoms with Gasteiger partial charge in [0.1, 0.15) is 5.60 Å². The fraction of sp³-hybridized carbons (Fsp3) is 0.583. The maximum absolute atomic E-state index is 13.1. The molecule has 0 aromatic carbocycles. The van der Waals surface area contributed by atoms with Crippen LogP contribution in [0.15, 0.2) is 47.1 Å². The van der Waals surface area contributed by atoms with Crippen LogP contribution in [0.5, 0.6) is 0 Å². The molecule has 1 unspecified atom stereocenters. The van der Waals surface area contributed by atoms with Crippen LogP contribution in [0.3, 0.4) is 0 Å². The molecule has 0 aromatic rings. The standard InChI is InChI=1S/C24H33NO4/c1-16(17-9-6-7-10-17)15-20-21-18(12-13-19(21)22(26)28-5)11-8-14-25(20)23(27)29-24(2,3)4/h6-7,9,12-13,16,19-20H,8,10-11,14-15H2,1-5H3/t16-,19?,20-/m1/s1. The molecule has 3 aliphatic rings. The van der Waals surface area contributed by atoms with Gasteiger partial charge in [-0.25, -0.2) is 4.79 Å². The average molecular weight is 400 g/mol. The van der Waals surface area contributed by atoms with Gasteiger partial charge in [0, 0.05) is 6.54 Å². The van der Waals surface area contributed by atoms with E-state index in [1.54, 1.807) is 0 Å². The van der Waals surface area contributed by atoms with Crippen molar-refractivity contribution in [2.24, 2.45) is 11.8 Å². The van der Waals surface area contributed by atoms with Crippen LogP contribution in [0.4, 0.5) is 4.79 Å². The van der Waals surface area contributed by atoms with Crippen molar-refractivity contribution in [2.75, 3.05) is 13.7 Å². The third-order valence-electron chi connectivity index (χ3n) is 5.87. The number of allylic oxidation sites excluding steroid dienone is 6. The van der Waals surface area contributed by atoms with E-state index < -0.39 is 11.5 Å². The zero-order valence-corrected chi connectivity index (χ0v) is 18.2. The maximum atomic E-state index is 13.1. The number of hydrogen-bond acceptors (Lipinski definition) is 4. The van der Waals surface area contributed by atoms with Crippen LogP contribution < -0.4 is 0 Å². The Morgan fingerprint density at radius 2 is 2.07 bits per heavy atom. The lowest BCUT2D eigenvalue weighted by Crippen LogP contribution is -2.46. The van der Waals surface area contributed by atoms with Crippen LogP contribution in [0.2, 0.25) is 0 Å². The first-order valence-electron chi connectivity index (χ1n) is 10.6. The molecule has 0 radical (unpaired) electrons. The number of nitrogens with zero attached hydrogens (tertiary/aromatic N) is 1. The van der Waals surface area contributed by atoms with E-state index in [2.05, 4.69) is 25.2 Å². The van der Waals surface area contributed by atoms with Crippen molar-refractivity contribution in [1.82, 2.24) is 4.90 Å². The Hall–Kier alpha value is -2.30. The molecule has 1 heterocycles. The number of esters is 1. The highest BCUT2D eigenvalue weighted by Crippen LogP contribution is 2.40. The van der Waals surface area contributed by atoms with Crippen LogP contribution in [-0.4, -0.2) is 42.3 Å². The lowest BCUT2D eigenvalue weighted by molar-refractivity contribution is -0.142. The molecule has 5 heteroatoms. The minimum absolute atomic E-state index is 0.182. The van der Waals surface area contributed by atoms with Crippen LogP contribution in [0.25, 0.3) is 0 Å². The predicted octanol–water partition coefficient (Wildman–Crippen LogP) is 4.95. The summed E-state index contributed by atoms with van der Waals surface area (Å²) in [6.45, 7) is 8.47. The molecule has 0 N–H and O–H groups in total. The van der Waals surface area contributed by atoms with Gasteiger partial charge in [-0.05, 0) is 63.5 Å². The van der Waals surface area contributed by atoms with E-state index in [0.29, 0.717) is 12.5 Å². The summed E-state index contributed by atoms with van der Waals surface area (Å²) >= 11 is 0. The summed E-state index contributed by atoms with van der Waals surface area (Å²) in [5, 5.41) is 0. The van der Waals surface area contributed by atoms with E-state index in [0.717, 1.165) is 31.3 Å². The zero-order chi connectivity index (χ0) is 21.2. The van der Waals surface area contributed by atoms with Crippen molar-refractivity contribution in [3.63, 3.8) is 0 Å². The summed E-state index contributed by atoms with van der Waals surface area (Å²) < 4.78 is 10.8. The van der Waals surface area contributed by atoms with E-state index >= 15 is 0 Å². The number of carbonyl (C=O) groups is 2. The fourth-order valence-corrected chi connectivity index (χ4v) is 4.47. The van der Waals surface area contributed by atoms with E-state index in [1.807, 2.05) is 37.8 Å². The number of methoxy groups -OCH3 is 1. The van der Waals surface area contributed by atoms with E-state index in [9.17, 15) is 9.59 Å². The summed E-state index contributed by atoms with van der Waals surface area (Å²) in [5.74, 6) is -0.395. The normalized spacial score (nSPS) is 24.9. The lowest BCUT2D eigenvalue weighted by atomic mass is 9.84. The minimum Gasteiger partial charge on any atom is -0.468 e. The second-order valence-corrected chi connectivity index (χ2v) is 9.14. The Morgan fingerprint density at radius 3 is 2.69 bits per heavy atom. The van der Waals surface area contributed by atoms with Crippen molar-refractivity contribution in [3.05, 3.63) is 47.1 Å². The summed E-state index contributed by atoms with van der Waals surface area (Å²) in [5.41, 5.74) is 2.98. The molecule has 2 aliphatic carbocycles. The molecule has 3 atom stereocenters. The number of ether oxygens (including phenoxy) is 2. The monoisotopic (exact) mass is 399 g/mol. The van der Waals surface area contributed by atoms with Gasteiger partial charge >= 0.3 is 12.1 Å². The van der Waals surface area contributed by atoms with E-state index in [-0.39, 0.29) is 18.1 Å². The van der Waals surface area contributed by atoms with Crippen LogP contribution in [-0.2, 0) is 14.3 Å². The molecular formula is C24H33NO4. The molecule has 0 fully saturated rings. The summed E-state index contributed by atoms with van der Waals surface area (Å²) in [7, 11) is 1.42. The Kier molecular flexibility index (Phi) is 6.35. The predicted molar refractivity (Wildman–Crippen MR) is 113 cm³/mol. The van der Waals surface area contributed by atoms with Crippen LogP contribution in [0.1, 0.15) is 53.4 Å². The van der Waals surface area contributed by atoms with Crippen molar-refractivity contribution in [2.45, 2.75) is 65.0 Å². The summed E-state index contributed by atoms with van der Waals surface area (Å²) in [6, 6.07) is -0.182. The number of amides is 1. The highest BCUT2D eigenvalue weighted by molar-refractivity contribution is 5.81. The topological polar surface area (TPSA) is 55.8 Å². The first kappa shape index (κ1) is 21.4. The quantitative estimate of drug-likeness (QED) is 0.628. The molecule has 29 heavy (non-hydrogen) atoms. The molecule has 3 rings (SSSR count). The Balaban J connectivity index is 1.94. The molecule has 0 spiro atoms. The Labute approximate surface area is 174 Å². The van der Waals surface area contributed by atoms with Crippen molar-refractivity contribution in [3.8, 4) is 0 Å². The number of carbonyl (C=O) groups excluding carboxylic acids is 2. The molecule has 0 saturated carbocycles. The van der Waals surface area contributed by atoms with Gasteiger partial charge in [-0.3, -0.25) is 4.79 Å².